The molecule has 0 aliphatic carbocycles. The fourth-order valence-corrected chi connectivity index (χ4v) is 2.75. The minimum Gasteiger partial charge on any atom is -0.493 e. The summed E-state index contributed by atoms with van der Waals surface area (Å²) in [5, 5.41) is 3.42. The summed E-state index contributed by atoms with van der Waals surface area (Å²) in [5.41, 5.74) is 0.978. The van der Waals surface area contributed by atoms with Crippen LogP contribution in [0.4, 0.5) is 0 Å². The Bertz CT molecular complexity index is 841. The first-order chi connectivity index (χ1) is 12.9. The molecule has 2 aromatic rings. The first-order valence-corrected chi connectivity index (χ1v) is 8.69. The Morgan fingerprint density at radius 1 is 0.963 bits per heavy atom. The van der Waals surface area contributed by atoms with Crippen LogP contribution >= 0.6 is 23.2 Å². The number of amides is 1. The Hall–Kier alpha value is -2.44. The van der Waals surface area contributed by atoms with E-state index in [4.69, 9.17) is 37.4 Å². The smallest absolute Gasteiger partial charge is 0.307 e. The Labute approximate surface area is 167 Å². The first-order valence-electron chi connectivity index (χ1n) is 7.94. The molecule has 0 aliphatic heterocycles. The molecule has 1 N–H and O–H groups in total. The summed E-state index contributed by atoms with van der Waals surface area (Å²) < 4.78 is 15.2. The lowest BCUT2D eigenvalue weighted by molar-refractivity contribution is -0.141. The van der Waals surface area contributed by atoms with Gasteiger partial charge in [0.25, 0.3) is 5.91 Å². The summed E-state index contributed by atoms with van der Waals surface area (Å²) >= 11 is 11.9. The molecule has 144 valence electrons. The molecule has 0 saturated heterocycles. The van der Waals surface area contributed by atoms with Gasteiger partial charge in [-0.3, -0.25) is 9.59 Å². The maximum absolute atomic E-state index is 12.6. The van der Waals surface area contributed by atoms with Gasteiger partial charge in [0.1, 0.15) is 0 Å². The highest BCUT2D eigenvalue weighted by Gasteiger charge is 2.21. The van der Waals surface area contributed by atoms with Gasteiger partial charge in [0, 0.05) is 5.56 Å². The third-order valence-corrected chi connectivity index (χ3v) is 4.63. The summed E-state index contributed by atoms with van der Waals surface area (Å²) in [5.74, 6) is 0.143. The average molecular weight is 412 g/mol. The van der Waals surface area contributed by atoms with Gasteiger partial charge in [-0.15, -0.1) is 0 Å². The molecule has 0 aliphatic rings. The molecule has 8 heteroatoms. The SMILES string of the molecule is COC(=O)CC(NC(=O)c1ccc(Cl)c(Cl)c1)c1ccc(OC)c(OC)c1. The normalized spacial score (nSPS) is 11.4. The molecule has 1 unspecified atom stereocenters. The van der Waals surface area contributed by atoms with Gasteiger partial charge < -0.3 is 19.5 Å². The number of carbonyl (C=O) groups is 2. The van der Waals surface area contributed by atoms with E-state index in [0.29, 0.717) is 27.6 Å². The fourth-order valence-electron chi connectivity index (χ4n) is 2.45. The predicted octanol–water partition coefficient (Wildman–Crippen LogP) is 4.04. The van der Waals surface area contributed by atoms with Crippen LogP contribution < -0.4 is 14.8 Å². The van der Waals surface area contributed by atoms with Gasteiger partial charge in [-0.05, 0) is 35.9 Å². The molecule has 0 spiro atoms. The van der Waals surface area contributed by atoms with Gasteiger partial charge in [-0.1, -0.05) is 29.3 Å². The monoisotopic (exact) mass is 411 g/mol. The minimum atomic E-state index is -0.640. The Morgan fingerprint density at radius 2 is 1.67 bits per heavy atom. The first kappa shape index (κ1) is 20.9. The van der Waals surface area contributed by atoms with Crippen LogP contribution in [0.5, 0.6) is 11.5 Å². The molecule has 0 radical (unpaired) electrons. The second-order valence-electron chi connectivity index (χ2n) is 5.55. The zero-order chi connectivity index (χ0) is 20.0. The Balaban J connectivity index is 2.32. The molecule has 0 fully saturated rings. The van der Waals surface area contributed by atoms with Crippen molar-refractivity contribution in [1.82, 2.24) is 5.32 Å². The maximum Gasteiger partial charge on any atom is 0.307 e. The number of hydrogen-bond acceptors (Lipinski definition) is 5. The molecule has 2 aromatic carbocycles. The largest absolute Gasteiger partial charge is 0.493 e. The van der Waals surface area contributed by atoms with E-state index >= 15 is 0 Å². The summed E-state index contributed by atoms with van der Waals surface area (Å²) in [4.78, 5) is 24.4. The quantitative estimate of drug-likeness (QED) is 0.695. The van der Waals surface area contributed by atoms with Gasteiger partial charge in [-0.25, -0.2) is 0 Å². The molecule has 0 heterocycles. The highest BCUT2D eigenvalue weighted by molar-refractivity contribution is 6.42. The third-order valence-electron chi connectivity index (χ3n) is 3.90. The van der Waals surface area contributed by atoms with Crippen molar-refractivity contribution >= 4 is 35.1 Å². The highest BCUT2D eigenvalue weighted by Crippen LogP contribution is 2.31. The molecular weight excluding hydrogens is 393 g/mol. The fraction of sp³-hybridized carbons (Fsp3) is 0.263. The van der Waals surface area contributed by atoms with E-state index in [0.717, 1.165) is 0 Å². The van der Waals surface area contributed by atoms with E-state index < -0.39 is 17.9 Å². The van der Waals surface area contributed by atoms with Gasteiger partial charge in [0.15, 0.2) is 11.5 Å². The van der Waals surface area contributed by atoms with Crippen LogP contribution in [-0.4, -0.2) is 33.2 Å². The molecular formula is C19H19Cl2NO5. The van der Waals surface area contributed by atoms with Crippen LogP contribution in [0.2, 0.25) is 10.0 Å². The molecule has 0 aromatic heterocycles. The summed E-state index contributed by atoms with van der Waals surface area (Å²) in [6.45, 7) is 0. The number of nitrogens with one attached hydrogen (secondary N) is 1. The van der Waals surface area contributed by atoms with Crippen molar-refractivity contribution in [2.45, 2.75) is 12.5 Å². The van der Waals surface area contributed by atoms with Crippen molar-refractivity contribution in [2.24, 2.45) is 0 Å². The molecule has 27 heavy (non-hydrogen) atoms. The lowest BCUT2D eigenvalue weighted by Gasteiger charge is -2.20. The maximum atomic E-state index is 12.6. The molecule has 6 nitrogen and oxygen atoms in total. The molecule has 0 saturated carbocycles. The summed E-state index contributed by atoms with van der Waals surface area (Å²) in [6, 6.07) is 9.04. The lowest BCUT2D eigenvalue weighted by Crippen LogP contribution is -2.30. The summed E-state index contributed by atoms with van der Waals surface area (Å²) in [7, 11) is 4.32. The zero-order valence-electron chi connectivity index (χ0n) is 15.0. The standard InChI is InChI=1S/C19H19Cl2NO5/c1-25-16-7-5-11(9-17(16)26-2)15(10-18(23)27-3)22-19(24)12-4-6-13(20)14(21)8-12/h4-9,15H,10H2,1-3H3,(H,22,24). The Morgan fingerprint density at radius 3 is 2.26 bits per heavy atom. The van der Waals surface area contributed by atoms with Gasteiger partial charge in [0.2, 0.25) is 0 Å². The number of methoxy groups -OCH3 is 3. The predicted molar refractivity (Wildman–Crippen MR) is 103 cm³/mol. The number of esters is 1. The van der Waals surface area contributed by atoms with E-state index in [9.17, 15) is 9.59 Å². The van der Waals surface area contributed by atoms with Crippen molar-refractivity contribution in [2.75, 3.05) is 21.3 Å². The van der Waals surface area contributed by atoms with Crippen molar-refractivity contribution in [3.63, 3.8) is 0 Å². The Kier molecular flexibility index (Phi) is 7.33. The zero-order valence-corrected chi connectivity index (χ0v) is 16.6. The van der Waals surface area contributed by atoms with E-state index in [-0.39, 0.29) is 11.4 Å². The van der Waals surface area contributed by atoms with Gasteiger partial charge in [0.05, 0.1) is 43.8 Å². The van der Waals surface area contributed by atoms with E-state index in [1.54, 1.807) is 24.3 Å². The lowest BCUT2D eigenvalue weighted by atomic mass is 10.0. The number of halogens is 2. The number of benzene rings is 2. The topological polar surface area (TPSA) is 73.9 Å². The van der Waals surface area contributed by atoms with Crippen LogP contribution in [0.15, 0.2) is 36.4 Å². The van der Waals surface area contributed by atoms with Crippen molar-refractivity contribution in [3.8, 4) is 11.5 Å². The molecule has 2 rings (SSSR count). The molecule has 1 amide bonds. The second-order valence-corrected chi connectivity index (χ2v) is 6.36. The van der Waals surface area contributed by atoms with Crippen LogP contribution in [0.1, 0.15) is 28.4 Å². The van der Waals surface area contributed by atoms with E-state index in [1.807, 2.05) is 0 Å². The van der Waals surface area contributed by atoms with Crippen molar-refractivity contribution in [3.05, 3.63) is 57.6 Å². The van der Waals surface area contributed by atoms with E-state index in [1.165, 1.54) is 33.5 Å². The van der Waals surface area contributed by atoms with Crippen molar-refractivity contribution in [1.29, 1.82) is 0 Å². The number of ether oxygens (including phenoxy) is 3. The number of carbonyl (C=O) groups excluding carboxylic acids is 2. The number of rotatable bonds is 7. The molecule has 1 atom stereocenters. The number of hydrogen-bond donors (Lipinski definition) is 1. The minimum absolute atomic E-state index is 0.0565. The average Bonchev–Trinajstić information content (AvgIpc) is 2.68. The second kappa shape index (κ2) is 9.48. The van der Waals surface area contributed by atoms with Crippen LogP contribution in [0, 0.1) is 0 Å². The van der Waals surface area contributed by atoms with Crippen LogP contribution in [-0.2, 0) is 9.53 Å². The van der Waals surface area contributed by atoms with E-state index in [2.05, 4.69) is 5.32 Å². The van der Waals surface area contributed by atoms with Crippen LogP contribution in [0.25, 0.3) is 0 Å². The summed E-state index contributed by atoms with van der Waals surface area (Å²) in [6.07, 6.45) is -0.0565. The highest BCUT2D eigenvalue weighted by atomic mass is 35.5. The van der Waals surface area contributed by atoms with Crippen molar-refractivity contribution < 1.29 is 23.8 Å². The van der Waals surface area contributed by atoms with Crippen LogP contribution in [0.3, 0.4) is 0 Å². The molecule has 0 bridgehead atoms. The van der Waals surface area contributed by atoms with Gasteiger partial charge >= 0.3 is 5.97 Å². The van der Waals surface area contributed by atoms with Gasteiger partial charge in [-0.2, -0.15) is 0 Å². The third kappa shape index (κ3) is 5.28.